The molecule has 27 heavy (non-hydrogen) atoms. The minimum atomic E-state index is -1.21. The average molecular weight is 371 g/mol. The summed E-state index contributed by atoms with van der Waals surface area (Å²) in [5.41, 5.74) is 1.88. The van der Waals surface area contributed by atoms with E-state index in [1.54, 1.807) is 24.4 Å². The quantitative estimate of drug-likeness (QED) is 0.578. The lowest BCUT2D eigenvalue weighted by atomic mass is 10.0. The highest BCUT2D eigenvalue weighted by molar-refractivity contribution is 6.03. The Labute approximate surface area is 155 Å². The molecule has 1 aromatic carbocycles. The van der Waals surface area contributed by atoms with Crippen molar-refractivity contribution in [3.63, 3.8) is 0 Å². The average Bonchev–Trinajstić information content (AvgIpc) is 3.04. The monoisotopic (exact) mass is 371 g/mol. The van der Waals surface area contributed by atoms with Crippen LogP contribution in [-0.4, -0.2) is 51.0 Å². The van der Waals surface area contributed by atoms with Crippen LogP contribution in [0.5, 0.6) is 0 Å². The fourth-order valence-corrected chi connectivity index (χ4v) is 3.44. The van der Waals surface area contributed by atoms with E-state index in [1.807, 2.05) is 4.90 Å². The Kier molecular flexibility index (Phi) is 5.56. The van der Waals surface area contributed by atoms with Gasteiger partial charge in [-0.3, -0.25) is 14.5 Å². The summed E-state index contributed by atoms with van der Waals surface area (Å²) in [6.07, 6.45) is 6.45. The number of anilines is 1. The van der Waals surface area contributed by atoms with Crippen LogP contribution in [0.4, 0.5) is 5.69 Å². The Morgan fingerprint density at radius 3 is 2.52 bits per heavy atom. The van der Waals surface area contributed by atoms with E-state index in [1.165, 1.54) is 0 Å². The fraction of sp³-hybridized carbons (Fsp3) is 0.316. The number of rotatable bonds is 6. The molecule has 0 saturated carbocycles. The number of hydrogen-bond acceptors (Lipinski definition) is 4. The van der Waals surface area contributed by atoms with Crippen LogP contribution in [-0.2, 0) is 14.4 Å². The normalized spacial score (nSPS) is 16.4. The number of hydrogen-bond donors (Lipinski definition) is 4. The summed E-state index contributed by atoms with van der Waals surface area (Å²) in [6, 6.07) is 4.38. The van der Waals surface area contributed by atoms with Crippen LogP contribution < -0.4 is 5.32 Å². The topological polar surface area (TPSA) is 123 Å². The van der Waals surface area contributed by atoms with Crippen LogP contribution in [0, 0.1) is 0 Å². The lowest BCUT2D eigenvalue weighted by molar-refractivity contribution is -0.144. The summed E-state index contributed by atoms with van der Waals surface area (Å²) < 4.78 is 0. The maximum Gasteiger partial charge on any atom is 0.328 e. The standard InChI is InChI=1S/C19H21N3O5/c23-16(6-7-17(24)25)21-12-4-5-15-13(10-12)14(11-20-15)18(19(26)27)22-8-2-1-3-9-22/h4-7,10-11,18,20H,1-3,8-9H2,(H,21,23)(H,24,25)(H,26,27)/b7-6+/t18-/m0/s1. The van der Waals surface area contributed by atoms with E-state index in [0.29, 0.717) is 16.6 Å². The van der Waals surface area contributed by atoms with Crippen molar-refractivity contribution in [2.75, 3.05) is 18.4 Å². The molecule has 1 amide bonds. The van der Waals surface area contributed by atoms with Crippen LogP contribution in [0.3, 0.4) is 0 Å². The summed E-state index contributed by atoms with van der Waals surface area (Å²) >= 11 is 0. The molecule has 3 rings (SSSR count). The van der Waals surface area contributed by atoms with Gasteiger partial charge in [-0.25, -0.2) is 4.79 Å². The molecule has 1 saturated heterocycles. The Morgan fingerprint density at radius 1 is 1.11 bits per heavy atom. The molecular formula is C19H21N3O5. The van der Waals surface area contributed by atoms with Gasteiger partial charge in [0, 0.05) is 40.5 Å². The summed E-state index contributed by atoms with van der Waals surface area (Å²) in [7, 11) is 0. The first-order valence-electron chi connectivity index (χ1n) is 8.75. The van der Waals surface area contributed by atoms with Crippen molar-refractivity contribution in [1.82, 2.24) is 9.88 Å². The highest BCUT2D eigenvalue weighted by Crippen LogP contribution is 2.32. The molecule has 8 nitrogen and oxygen atoms in total. The number of H-pyrrole nitrogens is 1. The van der Waals surface area contributed by atoms with Crippen molar-refractivity contribution in [3.8, 4) is 0 Å². The lowest BCUT2D eigenvalue weighted by Gasteiger charge is -2.31. The van der Waals surface area contributed by atoms with E-state index in [2.05, 4.69) is 10.3 Å². The molecule has 0 bridgehead atoms. The molecule has 1 aliphatic rings. The van der Waals surface area contributed by atoms with Crippen molar-refractivity contribution < 1.29 is 24.6 Å². The number of carbonyl (C=O) groups is 3. The SMILES string of the molecule is O=C(O)/C=C/C(=O)Nc1ccc2[nH]cc([C@@H](C(=O)O)N3CCCCC3)c2c1. The molecule has 1 fully saturated rings. The highest BCUT2D eigenvalue weighted by Gasteiger charge is 2.30. The van der Waals surface area contributed by atoms with Crippen molar-refractivity contribution in [2.45, 2.75) is 25.3 Å². The number of nitrogens with one attached hydrogen (secondary N) is 2. The van der Waals surface area contributed by atoms with E-state index in [0.717, 1.165) is 50.0 Å². The number of amides is 1. The highest BCUT2D eigenvalue weighted by atomic mass is 16.4. The number of benzene rings is 1. The number of carboxylic acid groups (broad SMARTS) is 2. The van der Waals surface area contributed by atoms with Crippen molar-refractivity contribution in [2.24, 2.45) is 0 Å². The molecular weight excluding hydrogens is 350 g/mol. The number of aromatic nitrogens is 1. The van der Waals surface area contributed by atoms with E-state index < -0.39 is 23.9 Å². The summed E-state index contributed by atoms with van der Waals surface area (Å²) in [6.45, 7) is 1.47. The number of nitrogens with zero attached hydrogens (tertiary/aromatic N) is 1. The van der Waals surface area contributed by atoms with Crippen molar-refractivity contribution in [3.05, 3.63) is 42.1 Å². The third-order valence-electron chi connectivity index (χ3n) is 4.64. The molecule has 1 atom stereocenters. The summed E-state index contributed by atoms with van der Waals surface area (Å²) in [5, 5.41) is 21.7. The number of likely N-dealkylation sites (tertiary alicyclic amines) is 1. The van der Waals surface area contributed by atoms with E-state index in [9.17, 15) is 19.5 Å². The number of fused-ring (bicyclic) bond motifs is 1. The van der Waals surface area contributed by atoms with Crippen LogP contribution in [0.15, 0.2) is 36.5 Å². The molecule has 0 radical (unpaired) electrons. The van der Waals surface area contributed by atoms with Gasteiger partial charge in [0.05, 0.1) is 0 Å². The van der Waals surface area contributed by atoms with Gasteiger partial charge in [0.2, 0.25) is 5.91 Å². The van der Waals surface area contributed by atoms with Gasteiger partial charge in [0.15, 0.2) is 0 Å². The van der Waals surface area contributed by atoms with Gasteiger partial charge in [-0.15, -0.1) is 0 Å². The van der Waals surface area contributed by atoms with Crippen LogP contribution in [0.1, 0.15) is 30.9 Å². The Bertz CT molecular complexity index is 896. The molecule has 1 aliphatic heterocycles. The van der Waals surface area contributed by atoms with Crippen LogP contribution in [0.25, 0.3) is 10.9 Å². The minimum Gasteiger partial charge on any atom is -0.480 e. The van der Waals surface area contributed by atoms with Gasteiger partial charge in [-0.2, -0.15) is 0 Å². The largest absolute Gasteiger partial charge is 0.480 e. The fourth-order valence-electron chi connectivity index (χ4n) is 3.44. The number of carbonyl (C=O) groups excluding carboxylic acids is 1. The van der Waals surface area contributed by atoms with Crippen LogP contribution >= 0.6 is 0 Å². The van der Waals surface area contributed by atoms with Crippen molar-refractivity contribution in [1.29, 1.82) is 0 Å². The predicted octanol–water partition coefficient (Wildman–Crippen LogP) is 2.36. The lowest BCUT2D eigenvalue weighted by Crippen LogP contribution is -2.37. The van der Waals surface area contributed by atoms with Gasteiger partial charge in [0.1, 0.15) is 6.04 Å². The molecule has 0 unspecified atom stereocenters. The van der Waals surface area contributed by atoms with Gasteiger partial charge in [-0.1, -0.05) is 6.42 Å². The smallest absolute Gasteiger partial charge is 0.328 e. The van der Waals surface area contributed by atoms with Crippen LogP contribution in [0.2, 0.25) is 0 Å². The Balaban J connectivity index is 1.90. The molecule has 2 heterocycles. The maximum atomic E-state index is 12.0. The van der Waals surface area contributed by atoms with E-state index in [4.69, 9.17) is 5.11 Å². The van der Waals surface area contributed by atoms with E-state index in [-0.39, 0.29) is 0 Å². The molecule has 8 heteroatoms. The Hall–Kier alpha value is -3.13. The summed E-state index contributed by atoms with van der Waals surface area (Å²) in [4.78, 5) is 39.3. The first-order chi connectivity index (χ1) is 13.0. The third-order valence-corrected chi connectivity index (χ3v) is 4.64. The maximum absolute atomic E-state index is 12.0. The van der Waals surface area contributed by atoms with Gasteiger partial charge < -0.3 is 20.5 Å². The zero-order valence-corrected chi connectivity index (χ0v) is 14.6. The summed E-state index contributed by atoms with van der Waals surface area (Å²) in [5.74, 6) is -2.68. The molecule has 2 aromatic rings. The minimum absolute atomic E-state index is 0.464. The molecule has 4 N–H and O–H groups in total. The van der Waals surface area contributed by atoms with Gasteiger partial charge >= 0.3 is 11.9 Å². The number of aromatic amines is 1. The zero-order chi connectivity index (χ0) is 19.4. The number of aliphatic carboxylic acids is 2. The molecule has 142 valence electrons. The van der Waals surface area contributed by atoms with E-state index >= 15 is 0 Å². The molecule has 1 aromatic heterocycles. The van der Waals surface area contributed by atoms with Crippen molar-refractivity contribution >= 4 is 34.4 Å². The first kappa shape index (κ1) is 18.7. The van der Waals surface area contributed by atoms with Gasteiger partial charge in [-0.05, 0) is 44.1 Å². The second-order valence-electron chi connectivity index (χ2n) is 6.50. The second-order valence-corrected chi connectivity index (χ2v) is 6.50. The Morgan fingerprint density at radius 2 is 1.85 bits per heavy atom. The third kappa shape index (κ3) is 4.35. The second kappa shape index (κ2) is 8.05. The number of piperidine rings is 1. The van der Waals surface area contributed by atoms with Gasteiger partial charge in [0.25, 0.3) is 0 Å². The molecule has 0 spiro atoms. The first-order valence-corrected chi connectivity index (χ1v) is 8.75. The number of carboxylic acids is 2. The molecule has 0 aliphatic carbocycles. The zero-order valence-electron chi connectivity index (χ0n) is 14.6. The predicted molar refractivity (Wildman–Crippen MR) is 99.5 cm³/mol.